The third-order valence-electron chi connectivity index (χ3n) is 5.44. The van der Waals surface area contributed by atoms with Crippen LogP contribution in [-0.4, -0.2) is 33.1 Å². The van der Waals surface area contributed by atoms with Crippen LogP contribution >= 0.6 is 11.3 Å². The lowest BCUT2D eigenvalue weighted by molar-refractivity contribution is 0.0207. The van der Waals surface area contributed by atoms with Gasteiger partial charge in [-0.2, -0.15) is 0 Å². The normalized spacial score (nSPS) is 20.3. The highest BCUT2D eigenvalue weighted by Gasteiger charge is 2.35. The van der Waals surface area contributed by atoms with Crippen LogP contribution in [0.4, 0.5) is 0 Å². The Bertz CT molecular complexity index is 916. The number of aromatic nitrogens is 2. The van der Waals surface area contributed by atoms with Crippen LogP contribution in [0, 0.1) is 6.92 Å². The molecular weight excluding hydrogens is 382 g/mol. The molecule has 6 heteroatoms. The zero-order valence-corrected chi connectivity index (χ0v) is 17.6. The molecule has 0 spiro atoms. The Hall–Kier alpha value is -2.28. The molecule has 29 heavy (non-hydrogen) atoms. The SMILES string of the molecule is Cc1nc([C@@]2(O)CCCN(Cc3cccnc3)CC2)sc1COc1ccccc1. The topological polar surface area (TPSA) is 58.5 Å². The Morgan fingerprint density at radius 3 is 2.79 bits per heavy atom. The smallest absolute Gasteiger partial charge is 0.125 e. The quantitative estimate of drug-likeness (QED) is 0.658. The molecular formula is C23H27N3O2S. The minimum Gasteiger partial charge on any atom is -0.488 e. The molecule has 4 rings (SSSR count). The number of hydrogen-bond donors (Lipinski definition) is 1. The largest absolute Gasteiger partial charge is 0.488 e. The van der Waals surface area contributed by atoms with Crippen LogP contribution < -0.4 is 4.74 Å². The van der Waals surface area contributed by atoms with Gasteiger partial charge in [0.25, 0.3) is 0 Å². The van der Waals surface area contributed by atoms with Crippen molar-refractivity contribution in [3.05, 3.63) is 76.0 Å². The number of aliphatic hydroxyl groups is 1. The summed E-state index contributed by atoms with van der Waals surface area (Å²) < 4.78 is 5.89. The summed E-state index contributed by atoms with van der Waals surface area (Å²) in [4.78, 5) is 12.4. The van der Waals surface area contributed by atoms with Crippen LogP contribution in [0.1, 0.15) is 40.4 Å². The van der Waals surface area contributed by atoms with Crippen molar-refractivity contribution in [2.45, 2.75) is 44.9 Å². The summed E-state index contributed by atoms with van der Waals surface area (Å²) >= 11 is 1.58. The van der Waals surface area contributed by atoms with Gasteiger partial charge in [0.15, 0.2) is 0 Å². The molecule has 0 saturated carbocycles. The number of benzene rings is 1. The minimum absolute atomic E-state index is 0.483. The molecule has 5 nitrogen and oxygen atoms in total. The Balaban J connectivity index is 1.41. The fourth-order valence-corrected chi connectivity index (χ4v) is 4.84. The molecule has 2 aromatic heterocycles. The molecule has 1 N–H and O–H groups in total. The highest BCUT2D eigenvalue weighted by molar-refractivity contribution is 7.11. The van der Waals surface area contributed by atoms with Gasteiger partial charge in [0.1, 0.15) is 23.0 Å². The van der Waals surface area contributed by atoms with Crippen LogP contribution in [0.25, 0.3) is 0 Å². The molecule has 152 valence electrons. The minimum atomic E-state index is -0.857. The monoisotopic (exact) mass is 409 g/mol. The highest BCUT2D eigenvalue weighted by Crippen LogP contribution is 2.37. The average Bonchev–Trinajstić information content (AvgIpc) is 3.02. The van der Waals surface area contributed by atoms with Gasteiger partial charge in [-0.3, -0.25) is 9.88 Å². The summed E-state index contributed by atoms with van der Waals surface area (Å²) in [7, 11) is 0. The summed E-state index contributed by atoms with van der Waals surface area (Å²) in [5, 5.41) is 12.2. The number of nitrogens with zero attached hydrogens (tertiary/aromatic N) is 3. The number of ether oxygens (including phenoxy) is 1. The van der Waals surface area contributed by atoms with Crippen molar-refractivity contribution >= 4 is 11.3 Å². The molecule has 0 aliphatic carbocycles. The molecule has 0 radical (unpaired) electrons. The van der Waals surface area contributed by atoms with Crippen molar-refractivity contribution in [1.29, 1.82) is 0 Å². The zero-order valence-electron chi connectivity index (χ0n) is 16.8. The van der Waals surface area contributed by atoms with Gasteiger partial charge in [0.05, 0.1) is 10.6 Å². The molecule has 1 aromatic carbocycles. The van der Waals surface area contributed by atoms with Crippen LogP contribution in [0.2, 0.25) is 0 Å². The summed E-state index contributed by atoms with van der Waals surface area (Å²) in [6, 6.07) is 13.9. The van der Waals surface area contributed by atoms with E-state index in [0.717, 1.165) is 53.8 Å². The third-order valence-corrected chi connectivity index (χ3v) is 6.76. The van der Waals surface area contributed by atoms with E-state index in [0.29, 0.717) is 13.0 Å². The number of para-hydroxylation sites is 1. The first-order valence-corrected chi connectivity index (χ1v) is 10.9. The van der Waals surface area contributed by atoms with E-state index in [1.807, 2.05) is 49.5 Å². The second-order valence-electron chi connectivity index (χ2n) is 7.65. The third kappa shape index (κ3) is 5.01. The van der Waals surface area contributed by atoms with Gasteiger partial charge in [-0.15, -0.1) is 11.3 Å². The first kappa shape index (κ1) is 20.0. The lowest BCUT2D eigenvalue weighted by Gasteiger charge is -2.24. The number of aryl methyl sites for hydroxylation is 1. The van der Waals surface area contributed by atoms with Gasteiger partial charge in [0, 0.05) is 25.5 Å². The van der Waals surface area contributed by atoms with E-state index in [1.54, 1.807) is 17.5 Å². The van der Waals surface area contributed by atoms with Crippen molar-refractivity contribution in [2.24, 2.45) is 0 Å². The van der Waals surface area contributed by atoms with Gasteiger partial charge >= 0.3 is 0 Å². The van der Waals surface area contributed by atoms with Crippen LogP contribution in [0.3, 0.4) is 0 Å². The maximum Gasteiger partial charge on any atom is 0.125 e. The van der Waals surface area contributed by atoms with E-state index in [4.69, 9.17) is 9.72 Å². The zero-order chi connectivity index (χ0) is 20.1. The first-order chi connectivity index (χ1) is 14.1. The molecule has 1 aliphatic heterocycles. The van der Waals surface area contributed by atoms with Crippen molar-refractivity contribution in [1.82, 2.24) is 14.9 Å². The first-order valence-electron chi connectivity index (χ1n) is 10.1. The molecule has 0 amide bonds. The van der Waals surface area contributed by atoms with E-state index in [9.17, 15) is 5.11 Å². The van der Waals surface area contributed by atoms with E-state index in [2.05, 4.69) is 16.0 Å². The van der Waals surface area contributed by atoms with E-state index >= 15 is 0 Å². The van der Waals surface area contributed by atoms with E-state index < -0.39 is 5.60 Å². The van der Waals surface area contributed by atoms with Crippen LogP contribution in [0.5, 0.6) is 5.75 Å². The molecule has 1 saturated heterocycles. The van der Waals surface area contributed by atoms with E-state index in [1.165, 1.54) is 5.56 Å². The lowest BCUT2D eigenvalue weighted by atomic mass is 9.96. The fourth-order valence-electron chi connectivity index (χ4n) is 3.72. The van der Waals surface area contributed by atoms with Gasteiger partial charge in [-0.1, -0.05) is 24.3 Å². The number of rotatable bonds is 6. The molecule has 1 fully saturated rings. The second-order valence-corrected chi connectivity index (χ2v) is 8.74. The Morgan fingerprint density at radius 2 is 2.00 bits per heavy atom. The molecule has 0 bridgehead atoms. The maximum absolute atomic E-state index is 11.4. The van der Waals surface area contributed by atoms with Crippen molar-refractivity contribution in [2.75, 3.05) is 13.1 Å². The van der Waals surface area contributed by atoms with Crippen molar-refractivity contribution < 1.29 is 9.84 Å². The predicted molar refractivity (Wildman–Crippen MR) is 115 cm³/mol. The average molecular weight is 410 g/mol. The van der Waals surface area contributed by atoms with E-state index in [-0.39, 0.29) is 0 Å². The number of pyridine rings is 1. The Kier molecular flexibility index (Phi) is 6.23. The van der Waals surface area contributed by atoms with Crippen LogP contribution in [-0.2, 0) is 18.8 Å². The second kappa shape index (κ2) is 9.03. The number of thiazole rings is 1. The van der Waals surface area contributed by atoms with Crippen LogP contribution in [0.15, 0.2) is 54.9 Å². The molecule has 3 heterocycles. The highest BCUT2D eigenvalue weighted by atomic mass is 32.1. The lowest BCUT2D eigenvalue weighted by Crippen LogP contribution is -2.29. The predicted octanol–water partition coefficient (Wildman–Crippen LogP) is 4.30. The van der Waals surface area contributed by atoms with Gasteiger partial charge in [-0.05, 0) is 56.5 Å². The molecule has 0 unspecified atom stereocenters. The number of hydrogen-bond acceptors (Lipinski definition) is 6. The van der Waals surface area contributed by atoms with Gasteiger partial charge in [-0.25, -0.2) is 4.98 Å². The fraction of sp³-hybridized carbons (Fsp3) is 0.391. The van der Waals surface area contributed by atoms with Gasteiger partial charge < -0.3 is 9.84 Å². The standard InChI is InChI=1S/C23H27N3O2S/c1-18-21(17-28-20-8-3-2-4-9-20)29-22(25-18)23(27)10-6-13-26(14-11-23)16-19-7-5-12-24-15-19/h2-5,7-9,12,15,27H,6,10-11,13-14,16-17H2,1H3/t23-/m1/s1. The Labute approximate surface area is 176 Å². The maximum atomic E-state index is 11.4. The number of likely N-dealkylation sites (tertiary alicyclic amines) is 1. The summed E-state index contributed by atoms with van der Waals surface area (Å²) in [6.45, 7) is 5.18. The molecule has 3 aromatic rings. The van der Waals surface area contributed by atoms with Crippen molar-refractivity contribution in [3.63, 3.8) is 0 Å². The molecule has 1 atom stereocenters. The van der Waals surface area contributed by atoms with Gasteiger partial charge in [0.2, 0.25) is 0 Å². The summed E-state index contributed by atoms with van der Waals surface area (Å²) in [5.74, 6) is 0.848. The summed E-state index contributed by atoms with van der Waals surface area (Å²) in [5.41, 5.74) is 1.30. The summed E-state index contributed by atoms with van der Waals surface area (Å²) in [6.07, 6.45) is 6.10. The molecule has 1 aliphatic rings. The Morgan fingerprint density at radius 1 is 1.14 bits per heavy atom. The van der Waals surface area contributed by atoms with Crippen molar-refractivity contribution in [3.8, 4) is 5.75 Å².